The summed E-state index contributed by atoms with van der Waals surface area (Å²) in [4.78, 5) is 23.8. The molecule has 3 aromatic rings. The molecule has 1 aromatic heterocycles. The van der Waals surface area contributed by atoms with Gasteiger partial charge < -0.3 is 14.8 Å². The van der Waals surface area contributed by atoms with Crippen molar-refractivity contribution in [1.29, 1.82) is 0 Å². The highest BCUT2D eigenvalue weighted by atomic mass is 16.4. The molecule has 0 atom stereocenters. The summed E-state index contributed by atoms with van der Waals surface area (Å²) in [6.07, 6.45) is 0. The van der Waals surface area contributed by atoms with Crippen LogP contribution in [-0.4, -0.2) is 11.0 Å². The largest absolute Gasteiger partial charge is 0.506 e. The maximum atomic E-state index is 12.2. The summed E-state index contributed by atoms with van der Waals surface area (Å²) in [5, 5.41) is 13.3. The van der Waals surface area contributed by atoms with Crippen molar-refractivity contribution in [3.05, 3.63) is 70.1 Å². The Labute approximate surface area is 125 Å². The van der Waals surface area contributed by atoms with Gasteiger partial charge in [-0.25, -0.2) is 4.79 Å². The summed E-state index contributed by atoms with van der Waals surface area (Å²) in [5.41, 5.74) is 0.864. The van der Waals surface area contributed by atoms with Crippen LogP contribution in [0.5, 0.6) is 5.75 Å². The monoisotopic (exact) mass is 295 g/mol. The minimum atomic E-state index is -0.536. The smallest absolute Gasteiger partial charge is 0.336 e. The van der Waals surface area contributed by atoms with E-state index in [4.69, 9.17) is 4.42 Å². The quantitative estimate of drug-likeness (QED) is 0.562. The van der Waals surface area contributed by atoms with Gasteiger partial charge in [0, 0.05) is 17.0 Å². The summed E-state index contributed by atoms with van der Waals surface area (Å²) < 4.78 is 5.16. The Morgan fingerprint density at radius 3 is 2.59 bits per heavy atom. The van der Waals surface area contributed by atoms with Gasteiger partial charge in [0.05, 0.1) is 0 Å². The molecule has 0 aliphatic carbocycles. The zero-order valence-corrected chi connectivity index (χ0v) is 11.8. The second-order valence-electron chi connectivity index (χ2n) is 4.90. The van der Waals surface area contributed by atoms with Crippen molar-refractivity contribution < 1.29 is 14.3 Å². The van der Waals surface area contributed by atoms with Crippen LogP contribution in [0, 0.1) is 6.92 Å². The molecule has 5 nitrogen and oxygen atoms in total. The molecule has 2 aromatic carbocycles. The first-order chi connectivity index (χ1) is 10.6. The first-order valence-corrected chi connectivity index (χ1v) is 6.69. The van der Waals surface area contributed by atoms with Crippen LogP contribution in [0.2, 0.25) is 0 Å². The molecule has 3 rings (SSSR count). The van der Waals surface area contributed by atoms with Crippen LogP contribution in [0.1, 0.15) is 15.9 Å². The first-order valence-electron chi connectivity index (χ1n) is 6.69. The van der Waals surface area contributed by atoms with E-state index in [1.165, 1.54) is 12.1 Å². The van der Waals surface area contributed by atoms with E-state index in [2.05, 4.69) is 5.32 Å². The molecule has 0 bridgehead atoms. The standard InChI is InChI=1S/C17H13NO4/c1-10-9-14(20)22-16-12(10)7-8-13(19)15(16)18-17(21)11-5-3-2-4-6-11/h2-9,19H,1H3,(H,18,21). The Morgan fingerprint density at radius 1 is 1.14 bits per heavy atom. The molecular weight excluding hydrogens is 282 g/mol. The van der Waals surface area contributed by atoms with Crippen LogP contribution in [0.4, 0.5) is 5.69 Å². The number of aromatic hydroxyl groups is 1. The van der Waals surface area contributed by atoms with Gasteiger partial charge in [-0.05, 0) is 36.8 Å². The Bertz CT molecular complexity index is 913. The number of phenols is 1. The highest BCUT2D eigenvalue weighted by Crippen LogP contribution is 2.33. The lowest BCUT2D eigenvalue weighted by molar-refractivity contribution is 0.102. The summed E-state index contributed by atoms with van der Waals surface area (Å²) >= 11 is 0. The van der Waals surface area contributed by atoms with Crippen LogP contribution in [0.3, 0.4) is 0 Å². The molecular formula is C17H13NO4. The Balaban J connectivity index is 2.12. The van der Waals surface area contributed by atoms with Crippen molar-refractivity contribution in [3.8, 4) is 5.75 Å². The molecule has 0 fully saturated rings. The molecule has 0 aliphatic heterocycles. The average Bonchev–Trinajstić information content (AvgIpc) is 2.50. The maximum absolute atomic E-state index is 12.2. The number of anilines is 1. The van der Waals surface area contributed by atoms with E-state index in [1.54, 1.807) is 43.3 Å². The Hall–Kier alpha value is -3.08. The van der Waals surface area contributed by atoms with E-state index in [1.807, 2.05) is 0 Å². The highest BCUT2D eigenvalue weighted by Gasteiger charge is 2.15. The highest BCUT2D eigenvalue weighted by molar-refractivity contribution is 6.09. The van der Waals surface area contributed by atoms with Crippen LogP contribution in [-0.2, 0) is 0 Å². The van der Waals surface area contributed by atoms with Gasteiger partial charge in [0.25, 0.3) is 5.91 Å². The van der Waals surface area contributed by atoms with E-state index in [9.17, 15) is 14.7 Å². The summed E-state index contributed by atoms with van der Waals surface area (Å²) in [7, 11) is 0. The molecule has 1 heterocycles. The number of hydrogen-bond donors (Lipinski definition) is 2. The predicted octanol–water partition coefficient (Wildman–Crippen LogP) is 3.06. The molecule has 5 heteroatoms. The second-order valence-corrected chi connectivity index (χ2v) is 4.90. The molecule has 110 valence electrons. The zero-order chi connectivity index (χ0) is 15.7. The topological polar surface area (TPSA) is 79.5 Å². The normalized spacial score (nSPS) is 10.6. The van der Waals surface area contributed by atoms with Gasteiger partial charge in [-0.2, -0.15) is 0 Å². The van der Waals surface area contributed by atoms with Crippen molar-refractivity contribution in [2.24, 2.45) is 0 Å². The van der Waals surface area contributed by atoms with Gasteiger partial charge in [0.15, 0.2) is 5.58 Å². The molecule has 1 amide bonds. The molecule has 0 spiro atoms. The average molecular weight is 295 g/mol. The summed E-state index contributed by atoms with van der Waals surface area (Å²) in [6.45, 7) is 1.76. The van der Waals surface area contributed by atoms with Gasteiger partial charge in [0.1, 0.15) is 11.4 Å². The van der Waals surface area contributed by atoms with Crippen molar-refractivity contribution in [1.82, 2.24) is 0 Å². The van der Waals surface area contributed by atoms with E-state index in [-0.39, 0.29) is 17.0 Å². The van der Waals surface area contributed by atoms with Gasteiger partial charge in [-0.3, -0.25) is 4.79 Å². The molecule has 0 saturated heterocycles. The van der Waals surface area contributed by atoms with Gasteiger partial charge >= 0.3 is 5.63 Å². The summed E-state index contributed by atoms with van der Waals surface area (Å²) in [5.74, 6) is -0.557. The number of aryl methyl sites for hydroxylation is 1. The number of amides is 1. The number of rotatable bonds is 2. The second kappa shape index (κ2) is 5.37. The molecule has 0 saturated carbocycles. The van der Waals surface area contributed by atoms with Crippen molar-refractivity contribution >= 4 is 22.6 Å². The van der Waals surface area contributed by atoms with Crippen LogP contribution in [0.25, 0.3) is 11.0 Å². The third-order valence-corrected chi connectivity index (χ3v) is 3.37. The molecule has 2 N–H and O–H groups in total. The van der Waals surface area contributed by atoms with Crippen molar-refractivity contribution in [2.75, 3.05) is 5.32 Å². The summed E-state index contributed by atoms with van der Waals surface area (Å²) in [6, 6.07) is 13.0. The van der Waals surface area contributed by atoms with Gasteiger partial charge in [-0.15, -0.1) is 0 Å². The number of carbonyl (C=O) groups is 1. The van der Waals surface area contributed by atoms with E-state index in [0.717, 1.165) is 0 Å². The van der Waals surface area contributed by atoms with Crippen LogP contribution in [0.15, 0.2) is 57.7 Å². The minimum Gasteiger partial charge on any atom is -0.506 e. The lowest BCUT2D eigenvalue weighted by Gasteiger charge is -2.10. The number of hydrogen-bond acceptors (Lipinski definition) is 4. The lowest BCUT2D eigenvalue weighted by Crippen LogP contribution is -2.12. The number of nitrogens with one attached hydrogen (secondary N) is 1. The van der Waals surface area contributed by atoms with Gasteiger partial charge in [0.2, 0.25) is 0 Å². The molecule has 0 unspecified atom stereocenters. The number of phenolic OH excluding ortho intramolecular Hbond substituents is 1. The molecule has 0 radical (unpaired) electrons. The number of benzene rings is 2. The van der Waals surface area contributed by atoms with Gasteiger partial charge in [-0.1, -0.05) is 18.2 Å². The first kappa shape index (κ1) is 13.9. The zero-order valence-electron chi connectivity index (χ0n) is 11.8. The van der Waals surface area contributed by atoms with E-state index >= 15 is 0 Å². The fourth-order valence-corrected chi connectivity index (χ4v) is 2.27. The fraction of sp³-hybridized carbons (Fsp3) is 0.0588. The number of fused-ring (bicyclic) bond motifs is 1. The van der Waals surface area contributed by atoms with Crippen molar-refractivity contribution in [2.45, 2.75) is 6.92 Å². The van der Waals surface area contributed by atoms with Crippen LogP contribution >= 0.6 is 0 Å². The minimum absolute atomic E-state index is 0.0900. The SMILES string of the molecule is Cc1cc(=O)oc2c(NC(=O)c3ccccc3)c(O)ccc12. The molecule has 22 heavy (non-hydrogen) atoms. The third kappa shape index (κ3) is 2.44. The fourth-order valence-electron chi connectivity index (χ4n) is 2.27. The Morgan fingerprint density at radius 2 is 1.86 bits per heavy atom. The lowest BCUT2D eigenvalue weighted by atomic mass is 10.1. The third-order valence-electron chi connectivity index (χ3n) is 3.37. The maximum Gasteiger partial charge on any atom is 0.336 e. The molecule has 0 aliphatic rings. The van der Waals surface area contributed by atoms with Crippen molar-refractivity contribution in [3.63, 3.8) is 0 Å². The number of carbonyl (C=O) groups excluding carboxylic acids is 1. The van der Waals surface area contributed by atoms with Crippen LogP contribution < -0.4 is 10.9 Å². The van der Waals surface area contributed by atoms with E-state index < -0.39 is 11.5 Å². The predicted molar refractivity (Wildman–Crippen MR) is 83.3 cm³/mol. The Kier molecular flexibility index (Phi) is 3.39. The van der Waals surface area contributed by atoms with E-state index in [0.29, 0.717) is 16.5 Å².